The minimum Gasteiger partial charge on any atom is -0.430 e. The maximum Gasteiger partial charge on any atom is 0.274 e. The average molecular weight is 250 g/mol. The van der Waals surface area contributed by atoms with Gasteiger partial charge in [0.2, 0.25) is 0 Å². The fourth-order valence-corrected chi connectivity index (χ4v) is 1.75. The van der Waals surface area contributed by atoms with Gasteiger partial charge >= 0.3 is 0 Å². The second kappa shape index (κ2) is 4.92. The van der Waals surface area contributed by atoms with E-state index in [9.17, 15) is 5.11 Å². The van der Waals surface area contributed by atoms with Gasteiger partial charge in [-0.25, -0.2) is 4.98 Å². The van der Waals surface area contributed by atoms with Gasteiger partial charge in [-0.3, -0.25) is 4.98 Å². The molecule has 0 radical (unpaired) electrons. The molecule has 0 fully saturated rings. The molecule has 3 rings (SSSR count). The van der Waals surface area contributed by atoms with Gasteiger partial charge < -0.3 is 9.52 Å². The molecule has 1 aromatic carbocycles. The van der Waals surface area contributed by atoms with E-state index in [2.05, 4.69) is 21.8 Å². The molecule has 0 unspecified atom stereocenters. The summed E-state index contributed by atoms with van der Waals surface area (Å²) in [6.07, 6.45) is 3.37. The molecule has 0 saturated heterocycles. The molecular weight excluding hydrogens is 240 g/mol. The molecule has 19 heavy (non-hydrogen) atoms. The highest BCUT2D eigenvalue weighted by Gasteiger charge is 2.07. The standard InChI is InChI=1S/C15H10N2O2/c18-10-12-4-1-5-13-15(12)17-14(19-13)7-6-11-3-2-8-16-9-11/h1-5,8-9,18H,10H2. The van der Waals surface area contributed by atoms with Crippen molar-refractivity contribution in [2.24, 2.45) is 0 Å². The maximum absolute atomic E-state index is 9.23. The zero-order valence-electron chi connectivity index (χ0n) is 10.00. The number of hydrogen-bond donors (Lipinski definition) is 1. The molecule has 0 aliphatic rings. The van der Waals surface area contributed by atoms with Gasteiger partial charge in [0, 0.05) is 23.5 Å². The van der Waals surface area contributed by atoms with Crippen LogP contribution in [0.15, 0.2) is 47.1 Å². The Kier molecular flexibility index (Phi) is 2.97. The number of hydrogen-bond acceptors (Lipinski definition) is 4. The summed E-state index contributed by atoms with van der Waals surface area (Å²) in [4.78, 5) is 8.26. The number of fused-ring (bicyclic) bond motifs is 1. The van der Waals surface area contributed by atoms with Crippen molar-refractivity contribution in [1.29, 1.82) is 0 Å². The zero-order chi connectivity index (χ0) is 13.1. The molecule has 2 heterocycles. The summed E-state index contributed by atoms with van der Waals surface area (Å²) in [5, 5.41) is 9.23. The lowest BCUT2D eigenvalue weighted by Crippen LogP contribution is -1.84. The van der Waals surface area contributed by atoms with E-state index in [1.807, 2.05) is 24.3 Å². The molecule has 0 aliphatic heterocycles. The van der Waals surface area contributed by atoms with Crippen LogP contribution in [0.4, 0.5) is 0 Å². The van der Waals surface area contributed by atoms with Crippen LogP contribution in [0.5, 0.6) is 0 Å². The molecule has 3 aromatic rings. The minimum atomic E-state index is -0.0701. The molecule has 4 nitrogen and oxygen atoms in total. The van der Waals surface area contributed by atoms with Gasteiger partial charge in [0.25, 0.3) is 5.89 Å². The van der Waals surface area contributed by atoms with Crippen LogP contribution in [0.3, 0.4) is 0 Å². The summed E-state index contributed by atoms with van der Waals surface area (Å²) in [5.41, 5.74) is 2.81. The van der Waals surface area contributed by atoms with Gasteiger partial charge in [0.05, 0.1) is 6.61 Å². The van der Waals surface area contributed by atoms with E-state index in [-0.39, 0.29) is 6.61 Å². The zero-order valence-corrected chi connectivity index (χ0v) is 10.00. The van der Waals surface area contributed by atoms with Gasteiger partial charge in [-0.05, 0) is 24.1 Å². The first-order valence-electron chi connectivity index (χ1n) is 5.78. The second-order valence-corrected chi connectivity index (χ2v) is 3.93. The summed E-state index contributed by atoms with van der Waals surface area (Å²) in [6.45, 7) is -0.0701. The number of pyridine rings is 1. The fraction of sp³-hybridized carbons (Fsp3) is 0.0667. The number of benzene rings is 1. The van der Waals surface area contributed by atoms with Gasteiger partial charge in [-0.1, -0.05) is 18.1 Å². The Morgan fingerprint density at radius 1 is 1.16 bits per heavy atom. The quantitative estimate of drug-likeness (QED) is 0.672. The lowest BCUT2D eigenvalue weighted by molar-refractivity contribution is 0.283. The Labute approximate surface area is 109 Å². The Morgan fingerprint density at radius 2 is 2.11 bits per heavy atom. The van der Waals surface area contributed by atoms with E-state index in [1.54, 1.807) is 18.5 Å². The van der Waals surface area contributed by atoms with Crippen LogP contribution in [-0.2, 0) is 6.61 Å². The molecule has 0 spiro atoms. The number of aromatic nitrogens is 2. The number of aliphatic hydroxyl groups is 1. The lowest BCUT2D eigenvalue weighted by atomic mass is 10.2. The minimum absolute atomic E-state index is 0.0701. The van der Waals surface area contributed by atoms with Gasteiger partial charge in [-0.2, -0.15) is 0 Å². The number of aliphatic hydroxyl groups excluding tert-OH is 1. The topological polar surface area (TPSA) is 59.2 Å². The first-order chi connectivity index (χ1) is 9.36. The Hall–Kier alpha value is -2.64. The second-order valence-electron chi connectivity index (χ2n) is 3.93. The van der Waals surface area contributed by atoms with Crippen LogP contribution in [0.1, 0.15) is 17.0 Å². The molecule has 2 aromatic heterocycles. The van der Waals surface area contributed by atoms with Crippen molar-refractivity contribution in [3.8, 4) is 11.8 Å². The van der Waals surface area contributed by atoms with Crippen LogP contribution in [0, 0.1) is 11.8 Å². The number of para-hydroxylation sites is 1. The van der Waals surface area contributed by atoms with E-state index in [4.69, 9.17) is 4.42 Å². The van der Waals surface area contributed by atoms with Crippen molar-refractivity contribution in [3.05, 3.63) is 59.7 Å². The molecule has 92 valence electrons. The van der Waals surface area contributed by atoms with Crippen molar-refractivity contribution < 1.29 is 9.52 Å². The van der Waals surface area contributed by atoms with E-state index in [0.717, 1.165) is 11.1 Å². The van der Waals surface area contributed by atoms with Gasteiger partial charge in [0.15, 0.2) is 5.58 Å². The maximum atomic E-state index is 9.23. The summed E-state index contributed by atoms with van der Waals surface area (Å²) in [7, 11) is 0. The van der Waals surface area contributed by atoms with E-state index < -0.39 is 0 Å². The van der Waals surface area contributed by atoms with Crippen LogP contribution in [-0.4, -0.2) is 15.1 Å². The smallest absolute Gasteiger partial charge is 0.274 e. The molecule has 0 amide bonds. The van der Waals surface area contributed by atoms with Crippen molar-refractivity contribution in [2.75, 3.05) is 0 Å². The summed E-state index contributed by atoms with van der Waals surface area (Å²) in [6, 6.07) is 9.11. The predicted octanol–water partition coefficient (Wildman–Crippen LogP) is 2.11. The molecule has 0 atom stereocenters. The largest absolute Gasteiger partial charge is 0.430 e. The monoisotopic (exact) mass is 250 g/mol. The highest BCUT2D eigenvalue weighted by Crippen LogP contribution is 2.19. The molecule has 0 aliphatic carbocycles. The number of rotatable bonds is 1. The van der Waals surface area contributed by atoms with Crippen molar-refractivity contribution in [1.82, 2.24) is 9.97 Å². The lowest BCUT2D eigenvalue weighted by Gasteiger charge is -1.93. The third-order valence-corrected chi connectivity index (χ3v) is 2.65. The third-order valence-electron chi connectivity index (χ3n) is 2.65. The normalized spacial score (nSPS) is 10.2. The predicted molar refractivity (Wildman–Crippen MR) is 70.1 cm³/mol. The molecule has 4 heteroatoms. The summed E-state index contributed by atoms with van der Waals surface area (Å²) in [5.74, 6) is 6.11. The Morgan fingerprint density at radius 3 is 2.89 bits per heavy atom. The summed E-state index contributed by atoms with van der Waals surface area (Å²) >= 11 is 0. The molecular formula is C15H10N2O2. The van der Waals surface area contributed by atoms with Crippen molar-refractivity contribution in [3.63, 3.8) is 0 Å². The van der Waals surface area contributed by atoms with Crippen LogP contribution >= 0.6 is 0 Å². The summed E-state index contributed by atoms with van der Waals surface area (Å²) < 4.78 is 5.52. The van der Waals surface area contributed by atoms with E-state index >= 15 is 0 Å². The van der Waals surface area contributed by atoms with Crippen LogP contribution < -0.4 is 0 Å². The van der Waals surface area contributed by atoms with E-state index in [0.29, 0.717) is 17.0 Å². The third kappa shape index (κ3) is 2.32. The Bertz CT molecular complexity index is 767. The Balaban J connectivity index is 2.01. The SMILES string of the molecule is OCc1cccc2oc(C#Cc3cccnc3)nc12. The van der Waals surface area contributed by atoms with Crippen molar-refractivity contribution in [2.45, 2.75) is 6.61 Å². The first kappa shape index (κ1) is 11.5. The number of oxazole rings is 1. The van der Waals surface area contributed by atoms with Crippen LogP contribution in [0.2, 0.25) is 0 Å². The van der Waals surface area contributed by atoms with Gasteiger partial charge in [-0.15, -0.1) is 0 Å². The molecule has 0 saturated carbocycles. The van der Waals surface area contributed by atoms with Crippen LogP contribution in [0.25, 0.3) is 11.1 Å². The van der Waals surface area contributed by atoms with E-state index in [1.165, 1.54) is 0 Å². The van der Waals surface area contributed by atoms with Gasteiger partial charge in [0.1, 0.15) is 5.52 Å². The average Bonchev–Trinajstić information content (AvgIpc) is 2.89. The highest BCUT2D eigenvalue weighted by molar-refractivity contribution is 5.77. The number of nitrogens with zero attached hydrogens (tertiary/aromatic N) is 2. The first-order valence-corrected chi connectivity index (χ1v) is 5.78. The fourth-order valence-electron chi connectivity index (χ4n) is 1.75. The van der Waals surface area contributed by atoms with Crippen molar-refractivity contribution >= 4 is 11.1 Å². The highest BCUT2D eigenvalue weighted by atomic mass is 16.3. The molecule has 0 bridgehead atoms. The molecule has 1 N–H and O–H groups in total.